The molecule has 0 radical (unpaired) electrons. The van der Waals surface area contributed by atoms with Crippen LogP contribution in [0.25, 0.3) is 11.3 Å². The van der Waals surface area contributed by atoms with Gasteiger partial charge in [0.05, 0.1) is 12.3 Å². The molecule has 6 nitrogen and oxygen atoms in total. The fraction of sp³-hybridized carbons (Fsp3) is 0.227. The number of hydrogen-bond donors (Lipinski definition) is 1. The maximum atomic E-state index is 13.7. The number of benzene rings is 2. The van der Waals surface area contributed by atoms with E-state index in [0.29, 0.717) is 23.6 Å². The third-order valence-corrected chi connectivity index (χ3v) is 4.47. The van der Waals surface area contributed by atoms with Crippen molar-refractivity contribution in [2.75, 3.05) is 11.9 Å². The van der Waals surface area contributed by atoms with Crippen LogP contribution in [0, 0.1) is 12.7 Å². The van der Waals surface area contributed by atoms with Crippen molar-refractivity contribution in [3.63, 3.8) is 0 Å². The van der Waals surface area contributed by atoms with Crippen LogP contribution in [0.3, 0.4) is 0 Å². The van der Waals surface area contributed by atoms with Crippen LogP contribution in [-0.4, -0.2) is 22.3 Å². The Hall–Kier alpha value is -3.48. The van der Waals surface area contributed by atoms with E-state index >= 15 is 0 Å². The van der Waals surface area contributed by atoms with Crippen LogP contribution in [0.15, 0.2) is 59.4 Å². The number of rotatable bonds is 6. The fourth-order valence-electron chi connectivity index (χ4n) is 2.77. The topological polar surface area (TPSA) is 73.2 Å². The molecule has 2 aromatic carbocycles. The summed E-state index contributed by atoms with van der Waals surface area (Å²) in [6.07, 6.45) is 0. The summed E-state index contributed by atoms with van der Waals surface area (Å²) in [6, 6.07) is 13.8. The highest BCUT2D eigenvalue weighted by Crippen LogP contribution is 2.21. The van der Waals surface area contributed by atoms with Crippen molar-refractivity contribution in [3.8, 4) is 17.0 Å². The molecule has 150 valence electrons. The van der Waals surface area contributed by atoms with Crippen molar-refractivity contribution in [2.45, 2.75) is 26.8 Å². The molecule has 0 spiro atoms. The third kappa shape index (κ3) is 4.68. The number of aryl methyl sites for hydroxylation is 1. The average molecular weight is 395 g/mol. The molecule has 0 aliphatic heterocycles. The Bertz CT molecular complexity index is 1080. The van der Waals surface area contributed by atoms with Crippen LogP contribution in [0.5, 0.6) is 5.75 Å². The van der Waals surface area contributed by atoms with E-state index in [0.717, 1.165) is 16.0 Å². The van der Waals surface area contributed by atoms with E-state index in [1.54, 1.807) is 32.0 Å². The molecule has 1 N–H and O–H groups in total. The van der Waals surface area contributed by atoms with Gasteiger partial charge in [0.25, 0.3) is 5.56 Å². The second-order valence-electron chi connectivity index (χ2n) is 6.59. The van der Waals surface area contributed by atoms with Crippen molar-refractivity contribution >= 4 is 11.6 Å². The lowest BCUT2D eigenvalue weighted by Gasteiger charge is -2.15. The summed E-state index contributed by atoms with van der Waals surface area (Å²) in [4.78, 5) is 24.9. The van der Waals surface area contributed by atoms with Crippen molar-refractivity contribution in [2.24, 2.45) is 0 Å². The highest BCUT2D eigenvalue weighted by molar-refractivity contribution is 5.93. The molecular weight excluding hydrogens is 373 g/mol. The van der Waals surface area contributed by atoms with Crippen molar-refractivity contribution in [3.05, 3.63) is 76.3 Å². The Kier molecular flexibility index (Phi) is 6.07. The number of hydrogen-bond acceptors (Lipinski definition) is 4. The molecule has 29 heavy (non-hydrogen) atoms. The van der Waals surface area contributed by atoms with Gasteiger partial charge < -0.3 is 10.1 Å². The molecule has 0 aliphatic carbocycles. The fourth-order valence-corrected chi connectivity index (χ4v) is 2.77. The van der Waals surface area contributed by atoms with Gasteiger partial charge in [-0.05, 0) is 68.8 Å². The summed E-state index contributed by atoms with van der Waals surface area (Å²) >= 11 is 0. The number of amides is 1. The summed E-state index contributed by atoms with van der Waals surface area (Å²) < 4.78 is 20.3. The molecule has 0 aliphatic rings. The first-order valence-corrected chi connectivity index (χ1v) is 9.29. The first kappa shape index (κ1) is 20.3. The average Bonchev–Trinajstić information content (AvgIpc) is 2.71. The van der Waals surface area contributed by atoms with Gasteiger partial charge in [-0.3, -0.25) is 9.59 Å². The number of nitrogens with zero attached hydrogens (tertiary/aromatic N) is 2. The molecule has 1 heterocycles. The minimum atomic E-state index is -0.880. The second kappa shape index (κ2) is 8.68. The normalized spacial score (nSPS) is 11.7. The van der Waals surface area contributed by atoms with Gasteiger partial charge in [0.1, 0.15) is 17.6 Å². The van der Waals surface area contributed by atoms with Crippen LogP contribution < -0.4 is 15.6 Å². The quantitative estimate of drug-likeness (QED) is 0.686. The zero-order chi connectivity index (χ0) is 21.0. The molecule has 0 bridgehead atoms. The van der Waals surface area contributed by atoms with E-state index in [-0.39, 0.29) is 0 Å². The van der Waals surface area contributed by atoms with Crippen molar-refractivity contribution < 1.29 is 13.9 Å². The molecule has 3 rings (SSSR count). The van der Waals surface area contributed by atoms with E-state index in [1.807, 2.05) is 31.2 Å². The summed E-state index contributed by atoms with van der Waals surface area (Å²) in [5, 5.41) is 6.96. The van der Waals surface area contributed by atoms with Crippen molar-refractivity contribution in [1.29, 1.82) is 0 Å². The lowest BCUT2D eigenvalue weighted by atomic mass is 10.1. The molecule has 3 aromatic rings. The summed E-state index contributed by atoms with van der Waals surface area (Å²) in [5.74, 6) is -0.141. The Morgan fingerprint density at radius 2 is 1.90 bits per heavy atom. The Labute approximate surface area is 168 Å². The first-order chi connectivity index (χ1) is 13.9. The molecule has 1 unspecified atom stereocenters. The Balaban J connectivity index is 1.83. The van der Waals surface area contributed by atoms with Gasteiger partial charge >= 0.3 is 0 Å². The number of carbonyl (C=O) groups excluding carboxylic acids is 1. The van der Waals surface area contributed by atoms with Crippen LogP contribution in [0.1, 0.15) is 25.5 Å². The Morgan fingerprint density at radius 3 is 2.55 bits per heavy atom. The van der Waals surface area contributed by atoms with Crippen LogP contribution >= 0.6 is 0 Å². The molecular formula is C22H22FN3O3. The van der Waals surface area contributed by atoms with E-state index < -0.39 is 23.3 Å². The highest BCUT2D eigenvalue weighted by Gasteiger charge is 2.18. The number of aromatic nitrogens is 2. The number of halogens is 1. The van der Waals surface area contributed by atoms with Gasteiger partial charge in [0.15, 0.2) is 0 Å². The second-order valence-corrected chi connectivity index (χ2v) is 6.59. The molecule has 1 atom stereocenters. The predicted molar refractivity (Wildman–Crippen MR) is 110 cm³/mol. The van der Waals surface area contributed by atoms with Gasteiger partial charge in [-0.2, -0.15) is 5.10 Å². The van der Waals surface area contributed by atoms with Gasteiger partial charge in [-0.15, -0.1) is 0 Å². The largest absolute Gasteiger partial charge is 0.494 e. The lowest BCUT2D eigenvalue weighted by Crippen LogP contribution is -2.33. The van der Waals surface area contributed by atoms with Crippen LogP contribution in [0.4, 0.5) is 10.1 Å². The van der Waals surface area contributed by atoms with Crippen molar-refractivity contribution in [1.82, 2.24) is 9.78 Å². The third-order valence-electron chi connectivity index (χ3n) is 4.47. The monoisotopic (exact) mass is 395 g/mol. The van der Waals surface area contributed by atoms with Gasteiger partial charge in [0.2, 0.25) is 5.91 Å². The summed E-state index contributed by atoms with van der Waals surface area (Å²) in [5.41, 5.74) is 1.74. The van der Waals surface area contributed by atoms with E-state index in [9.17, 15) is 14.0 Å². The SMILES string of the molecule is CCOc1ccc(-c2ccc(=O)n(C(C)C(=O)Nc3ccc(C)c(F)c3)n2)cc1. The number of carbonyl (C=O) groups is 1. The molecule has 0 saturated heterocycles. The van der Waals surface area contributed by atoms with E-state index in [2.05, 4.69) is 10.4 Å². The van der Waals surface area contributed by atoms with Crippen LogP contribution in [-0.2, 0) is 4.79 Å². The molecule has 7 heteroatoms. The van der Waals surface area contributed by atoms with Crippen LogP contribution in [0.2, 0.25) is 0 Å². The number of nitrogens with one attached hydrogen (secondary N) is 1. The minimum absolute atomic E-state index is 0.320. The zero-order valence-electron chi connectivity index (χ0n) is 16.5. The molecule has 0 fully saturated rings. The predicted octanol–water partition coefficient (Wildman–Crippen LogP) is 3.96. The molecule has 1 amide bonds. The lowest BCUT2D eigenvalue weighted by molar-refractivity contribution is -0.119. The minimum Gasteiger partial charge on any atom is -0.494 e. The zero-order valence-corrected chi connectivity index (χ0v) is 16.5. The number of ether oxygens (including phenoxy) is 1. The number of anilines is 1. The highest BCUT2D eigenvalue weighted by atomic mass is 19.1. The Morgan fingerprint density at radius 1 is 1.17 bits per heavy atom. The molecule has 0 saturated carbocycles. The summed E-state index contributed by atoms with van der Waals surface area (Å²) in [6.45, 7) is 5.68. The van der Waals surface area contributed by atoms with Gasteiger partial charge in [0, 0.05) is 17.3 Å². The smallest absolute Gasteiger partial charge is 0.267 e. The molecule has 1 aromatic heterocycles. The maximum absolute atomic E-state index is 13.7. The van der Waals surface area contributed by atoms with E-state index in [4.69, 9.17) is 4.74 Å². The van der Waals surface area contributed by atoms with E-state index in [1.165, 1.54) is 12.1 Å². The standard InChI is InChI=1S/C22H22FN3O3/c1-4-29-18-9-6-16(7-10-18)20-11-12-21(27)26(25-20)15(3)22(28)24-17-8-5-14(2)19(23)13-17/h5-13,15H,4H2,1-3H3,(H,24,28). The van der Waals surface area contributed by atoms with Gasteiger partial charge in [-0.1, -0.05) is 6.07 Å². The summed E-state index contributed by atoms with van der Waals surface area (Å²) in [7, 11) is 0. The van der Waals surface area contributed by atoms with Gasteiger partial charge in [-0.25, -0.2) is 9.07 Å². The maximum Gasteiger partial charge on any atom is 0.267 e. The first-order valence-electron chi connectivity index (χ1n) is 9.29.